The van der Waals surface area contributed by atoms with Gasteiger partial charge in [-0.2, -0.15) is 0 Å². The number of esters is 1. The second kappa shape index (κ2) is 6.45. The van der Waals surface area contributed by atoms with Crippen LogP contribution in [0.4, 0.5) is 5.00 Å². The minimum absolute atomic E-state index is 0.263. The van der Waals surface area contributed by atoms with E-state index in [1.807, 2.05) is 13.8 Å². The molecule has 0 bridgehead atoms. The number of hydrogen-bond donors (Lipinski definition) is 2. The van der Waals surface area contributed by atoms with Gasteiger partial charge in [0.25, 0.3) is 5.91 Å². The smallest absolute Gasteiger partial charge is 0.341 e. The van der Waals surface area contributed by atoms with Gasteiger partial charge in [0.1, 0.15) is 9.88 Å². The number of amides is 1. The molecule has 2 heterocycles. The summed E-state index contributed by atoms with van der Waals surface area (Å²) in [7, 11) is 0. The van der Waals surface area contributed by atoms with Crippen LogP contribution >= 0.6 is 22.7 Å². The van der Waals surface area contributed by atoms with Gasteiger partial charge < -0.3 is 15.0 Å². The number of aryl methyl sites for hydroxylation is 2. The quantitative estimate of drug-likeness (QED) is 0.838. The molecule has 8 heteroatoms. The fraction of sp³-hybridized carbons (Fsp3) is 0.357. The van der Waals surface area contributed by atoms with E-state index < -0.39 is 11.9 Å². The molecule has 0 aromatic carbocycles. The molecule has 0 saturated carbocycles. The number of carbonyl (C=O) groups is 2. The summed E-state index contributed by atoms with van der Waals surface area (Å²) >= 11 is 2.16. The van der Waals surface area contributed by atoms with E-state index in [1.54, 1.807) is 13.8 Å². The van der Waals surface area contributed by atoms with Crippen LogP contribution in [0.3, 0.4) is 0 Å². The summed E-state index contributed by atoms with van der Waals surface area (Å²) in [5.74, 6) is -0.869. The van der Waals surface area contributed by atoms with Crippen LogP contribution in [-0.2, 0) is 4.74 Å². The Morgan fingerprint density at radius 1 is 1.23 bits per heavy atom. The lowest BCUT2D eigenvalue weighted by Crippen LogP contribution is -2.14. The third-order valence-electron chi connectivity index (χ3n) is 3.12. The van der Waals surface area contributed by atoms with Gasteiger partial charge in [-0.1, -0.05) is 11.3 Å². The number of ether oxygens (including phenoxy) is 1. The number of anilines is 1. The Hall–Kier alpha value is -1.93. The maximum Gasteiger partial charge on any atom is 0.341 e. The van der Waals surface area contributed by atoms with Crippen LogP contribution in [0.1, 0.15) is 43.1 Å². The summed E-state index contributed by atoms with van der Waals surface area (Å²) in [6.45, 7) is 7.33. The lowest BCUT2D eigenvalue weighted by molar-refractivity contribution is 0.0527. The third-order valence-corrected chi connectivity index (χ3v) is 5.23. The van der Waals surface area contributed by atoms with Crippen LogP contribution in [0.25, 0.3) is 0 Å². The van der Waals surface area contributed by atoms with Crippen molar-refractivity contribution < 1.29 is 14.3 Å². The van der Waals surface area contributed by atoms with Crippen molar-refractivity contribution in [2.45, 2.75) is 27.7 Å². The van der Waals surface area contributed by atoms with E-state index in [9.17, 15) is 14.4 Å². The first-order chi connectivity index (χ1) is 10.3. The zero-order valence-electron chi connectivity index (χ0n) is 12.7. The second-order valence-electron chi connectivity index (χ2n) is 4.63. The Balaban J connectivity index is 2.35. The second-order valence-corrected chi connectivity index (χ2v) is 6.84. The first-order valence-electron chi connectivity index (χ1n) is 6.63. The van der Waals surface area contributed by atoms with Crippen molar-refractivity contribution in [2.24, 2.45) is 0 Å². The number of H-pyrrole nitrogens is 1. The average Bonchev–Trinajstić information content (AvgIpc) is 2.90. The van der Waals surface area contributed by atoms with Crippen molar-refractivity contribution in [1.29, 1.82) is 0 Å². The normalized spacial score (nSPS) is 10.5. The molecule has 2 aromatic rings. The summed E-state index contributed by atoms with van der Waals surface area (Å²) in [6.07, 6.45) is 0. The van der Waals surface area contributed by atoms with Crippen LogP contribution in [0.5, 0.6) is 0 Å². The number of carbonyl (C=O) groups excluding carboxylic acids is 2. The zero-order chi connectivity index (χ0) is 16.4. The lowest BCUT2D eigenvalue weighted by Gasteiger charge is -2.06. The highest BCUT2D eigenvalue weighted by Gasteiger charge is 2.23. The van der Waals surface area contributed by atoms with E-state index in [1.165, 1.54) is 11.3 Å². The van der Waals surface area contributed by atoms with Crippen LogP contribution in [0.2, 0.25) is 0 Å². The minimum atomic E-state index is -0.460. The van der Waals surface area contributed by atoms with Gasteiger partial charge in [-0.15, -0.1) is 11.3 Å². The molecule has 118 valence electrons. The van der Waals surface area contributed by atoms with Gasteiger partial charge in [0, 0.05) is 10.6 Å². The monoisotopic (exact) mass is 340 g/mol. The van der Waals surface area contributed by atoms with E-state index in [2.05, 4.69) is 10.3 Å². The predicted octanol–water partition coefficient (Wildman–Crippen LogP) is 2.85. The van der Waals surface area contributed by atoms with Gasteiger partial charge in [0.2, 0.25) is 0 Å². The summed E-state index contributed by atoms with van der Waals surface area (Å²) in [4.78, 5) is 39.2. The number of aromatic nitrogens is 1. The zero-order valence-corrected chi connectivity index (χ0v) is 14.3. The van der Waals surface area contributed by atoms with Crippen molar-refractivity contribution in [3.05, 3.63) is 36.2 Å². The van der Waals surface area contributed by atoms with Crippen LogP contribution < -0.4 is 10.2 Å². The van der Waals surface area contributed by atoms with Crippen molar-refractivity contribution in [1.82, 2.24) is 4.98 Å². The molecule has 22 heavy (non-hydrogen) atoms. The predicted molar refractivity (Wildman–Crippen MR) is 87.4 cm³/mol. The Morgan fingerprint density at radius 3 is 2.45 bits per heavy atom. The molecule has 0 unspecified atom stereocenters. The van der Waals surface area contributed by atoms with Crippen molar-refractivity contribution in [3.63, 3.8) is 0 Å². The van der Waals surface area contributed by atoms with E-state index in [4.69, 9.17) is 4.74 Å². The molecule has 2 rings (SSSR count). The minimum Gasteiger partial charge on any atom is -0.462 e. The van der Waals surface area contributed by atoms with Crippen LogP contribution in [0, 0.1) is 20.8 Å². The van der Waals surface area contributed by atoms with Gasteiger partial charge in [-0.05, 0) is 33.3 Å². The van der Waals surface area contributed by atoms with Gasteiger partial charge >= 0.3 is 10.8 Å². The topological polar surface area (TPSA) is 88.3 Å². The fourth-order valence-corrected chi connectivity index (χ4v) is 3.73. The van der Waals surface area contributed by atoms with Crippen molar-refractivity contribution in [2.75, 3.05) is 11.9 Å². The fourth-order valence-electron chi connectivity index (χ4n) is 1.95. The molecule has 0 radical (unpaired) electrons. The highest BCUT2D eigenvalue weighted by molar-refractivity contribution is 7.17. The van der Waals surface area contributed by atoms with Crippen molar-refractivity contribution >= 4 is 39.6 Å². The standard InChI is InChI=1S/C14H16N2O4S2/c1-5-20-13(18)9-6(2)8(4)21-12(9)16-11(17)10-7(3)15-14(19)22-10/h5H2,1-4H3,(H,15,19)(H,16,17). The maximum absolute atomic E-state index is 12.3. The summed E-state index contributed by atoms with van der Waals surface area (Å²) in [5.41, 5.74) is 1.67. The Labute approximate surface area is 135 Å². The van der Waals surface area contributed by atoms with Crippen molar-refractivity contribution in [3.8, 4) is 0 Å². The van der Waals surface area contributed by atoms with Gasteiger partial charge in [-0.25, -0.2) is 4.79 Å². The highest BCUT2D eigenvalue weighted by atomic mass is 32.1. The van der Waals surface area contributed by atoms with Crippen LogP contribution in [0.15, 0.2) is 4.79 Å². The molecule has 0 aliphatic rings. The Morgan fingerprint density at radius 2 is 1.91 bits per heavy atom. The molecule has 2 aromatic heterocycles. The number of hydrogen-bond acceptors (Lipinski definition) is 6. The van der Waals surface area contributed by atoms with E-state index in [0.29, 0.717) is 21.1 Å². The number of thiophene rings is 1. The molecular weight excluding hydrogens is 324 g/mol. The number of aromatic amines is 1. The molecule has 0 saturated heterocycles. The first-order valence-corrected chi connectivity index (χ1v) is 8.26. The van der Waals surface area contributed by atoms with Gasteiger partial charge in [-0.3, -0.25) is 9.59 Å². The summed E-state index contributed by atoms with van der Waals surface area (Å²) in [5, 5.41) is 3.16. The molecule has 2 N–H and O–H groups in total. The van der Waals surface area contributed by atoms with E-state index in [-0.39, 0.29) is 11.5 Å². The average molecular weight is 340 g/mol. The summed E-state index contributed by atoms with van der Waals surface area (Å²) in [6, 6.07) is 0. The molecule has 6 nitrogen and oxygen atoms in total. The molecule has 1 amide bonds. The van der Waals surface area contributed by atoms with Gasteiger partial charge in [0.05, 0.1) is 12.2 Å². The SMILES string of the molecule is CCOC(=O)c1c(NC(=O)c2sc(=O)[nH]c2C)sc(C)c1C. The Bertz CT molecular complexity index is 785. The lowest BCUT2D eigenvalue weighted by atomic mass is 10.1. The first kappa shape index (κ1) is 16.4. The highest BCUT2D eigenvalue weighted by Crippen LogP contribution is 2.33. The van der Waals surface area contributed by atoms with E-state index in [0.717, 1.165) is 21.8 Å². The number of thiazole rings is 1. The summed E-state index contributed by atoms with van der Waals surface area (Å²) < 4.78 is 5.04. The number of nitrogens with one attached hydrogen (secondary N) is 2. The van der Waals surface area contributed by atoms with E-state index >= 15 is 0 Å². The van der Waals surface area contributed by atoms with Gasteiger partial charge in [0.15, 0.2) is 0 Å². The molecule has 0 spiro atoms. The molecule has 0 atom stereocenters. The van der Waals surface area contributed by atoms with Crippen LogP contribution in [-0.4, -0.2) is 23.5 Å². The Kier molecular flexibility index (Phi) is 4.82. The number of rotatable bonds is 4. The molecule has 0 aliphatic carbocycles. The molecule has 0 aliphatic heterocycles. The molecular formula is C14H16N2O4S2. The largest absolute Gasteiger partial charge is 0.462 e. The third kappa shape index (κ3) is 3.12. The maximum atomic E-state index is 12.3. The molecule has 0 fully saturated rings.